The smallest absolute Gasteiger partial charge is 0.247 e. The lowest BCUT2D eigenvalue weighted by molar-refractivity contribution is -0.278. The molecule has 274 valence electrons. The molecule has 2 aliphatic rings. The van der Waals surface area contributed by atoms with E-state index in [1.165, 1.54) is 0 Å². The highest BCUT2D eigenvalue weighted by molar-refractivity contribution is 5.90. The molecule has 4 rings (SSSR count). The Bertz CT molecular complexity index is 1390. The summed E-state index contributed by atoms with van der Waals surface area (Å²) in [6.07, 6.45) is -6.01. The standard InChI is InChI=1S/C34H53N5O10/c1-20(2)27-24(31(37-36-27)49-32-30(45)29(44)28(43)25(19-41)48-32)18-22-8-9-23(17-21(22)3)47-16-6-7-26(42)35-34(4,5)33(46)39-12-10-38(11-13-39)14-15-40/h8-9,17,20,25,28-30,32,40-41,43-45H,6-7,10-16,18-19H2,1-5H3,(H,35,42)(H,36,37)/t25-,28-,29+,30-,32+/m1/s1. The number of carbonyl (C=O) groups is 2. The maximum atomic E-state index is 13.1. The van der Waals surface area contributed by atoms with Gasteiger partial charge in [0.2, 0.25) is 24.0 Å². The first-order valence-electron chi connectivity index (χ1n) is 17.0. The van der Waals surface area contributed by atoms with Gasteiger partial charge in [0.25, 0.3) is 0 Å². The van der Waals surface area contributed by atoms with Crippen LogP contribution in [0.25, 0.3) is 0 Å². The number of H-pyrrole nitrogens is 1. The molecule has 2 saturated heterocycles. The van der Waals surface area contributed by atoms with Gasteiger partial charge in [-0.2, -0.15) is 0 Å². The molecule has 2 aliphatic heterocycles. The number of nitrogens with zero attached hydrogens (tertiary/aromatic N) is 3. The second-order valence-electron chi connectivity index (χ2n) is 13.6. The zero-order chi connectivity index (χ0) is 35.9. The van der Waals surface area contributed by atoms with Crippen LogP contribution in [0, 0.1) is 6.92 Å². The fourth-order valence-corrected chi connectivity index (χ4v) is 6.13. The van der Waals surface area contributed by atoms with E-state index in [9.17, 15) is 30.0 Å². The van der Waals surface area contributed by atoms with Crippen molar-refractivity contribution < 1.29 is 49.3 Å². The van der Waals surface area contributed by atoms with Crippen LogP contribution in [-0.2, 0) is 20.7 Å². The molecule has 0 aliphatic carbocycles. The fraction of sp³-hybridized carbons (Fsp3) is 0.676. The third kappa shape index (κ3) is 9.69. The number of aromatic nitrogens is 2. The van der Waals surface area contributed by atoms with Crippen LogP contribution in [0.3, 0.4) is 0 Å². The van der Waals surface area contributed by atoms with Crippen LogP contribution in [0.5, 0.6) is 11.6 Å². The van der Waals surface area contributed by atoms with E-state index in [4.69, 9.17) is 19.3 Å². The number of ether oxygens (including phenoxy) is 3. The second kappa shape index (κ2) is 17.1. The monoisotopic (exact) mass is 691 g/mol. The summed E-state index contributed by atoms with van der Waals surface area (Å²) in [7, 11) is 0. The predicted molar refractivity (Wildman–Crippen MR) is 178 cm³/mol. The van der Waals surface area contributed by atoms with E-state index in [0.717, 1.165) is 22.4 Å². The number of carbonyl (C=O) groups excluding carboxylic acids is 2. The van der Waals surface area contributed by atoms with Gasteiger partial charge >= 0.3 is 0 Å². The van der Waals surface area contributed by atoms with E-state index in [-0.39, 0.29) is 36.6 Å². The zero-order valence-electron chi connectivity index (χ0n) is 29.1. The quantitative estimate of drug-likeness (QED) is 0.121. The summed E-state index contributed by atoms with van der Waals surface area (Å²) in [5.74, 6) is 0.532. The molecule has 1 aromatic heterocycles. The van der Waals surface area contributed by atoms with Gasteiger partial charge in [0.15, 0.2) is 0 Å². The van der Waals surface area contributed by atoms with Gasteiger partial charge in [0, 0.05) is 56.8 Å². The van der Waals surface area contributed by atoms with Crippen molar-refractivity contribution in [2.24, 2.45) is 0 Å². The predicted octanol–water partition coefficient (Wildman–Crippen LogP) is -0.199. The molecule has 0 saturated carbocycles. The molecular formula is C34H53N5O10. The summed E-state index contributed by atoms with van der Waals surface area (Å²) in [6.45, 7) is 12.3. The van der Waals surface area contributed by atoms with Crippen LogP contribution in [-0.4, -0.2) is 146 Å². The topological polar surface area (TPSA) is 210 Å². The van der Waals surface area contributed by atoms with Gasteiger partial charge in [-0.3, -0.25) is 19.6 Å². The maximum Gasteiger partial charge on any atom is 0.247 e. The van der Waals surface area contributed by atoms with Crippen molar-refractivity contribution in [2.45, 2.75) is 96.0 Å². The van der Waals surface area contributed by atoms with E-state index in [1.54, 1.807) is 18.7 Å². The molecule has 49 heavy (non-hydrogen) atoms. The fourth-order valence-electron chi connectivity index (χ4n) is 6.13. The number of nitrogens with one attached hydrogen (secondary N) is 2. The third-order valence-corrected chi connectivity index (χ3v) is 9.08. The number of benzene rings is 1. The summed E-state index contributed by atoms with van der Waals surface area (Å²) in [5.41, 5.74) is 2.44. The number of aliphatic hydroxyl groups is 5. The largest absolute Gasteiger partial charge is 0.494 e. The zero-order valence-corrected chi connectivity index (χ0v) is 29.1. The SMILES string of the molecule is Cc1cc(OCCCC(=O)NC(C)(C)C(=O)N2CCN(CCO)CC2)ccc1Cc1c(O[C@@H]2O[C@H](CO)[C@@H](O)[C@H](O)[C@H]2O)n[nH]c1C(C)C. The van der Waals surface area contributed by atoms with E-state index < -0.39 is 42.9 Å². The average molecular weight is 692 g/mol. The first-order valence-corrected chi connectivity index (χ1v) is 17.0. The molecule has 15 heteroatoms. The first-order chi connectivity index (χ1) is 23.2. The van der Waals surface area contributed by atoms with Gasteiger partial charge in [0.05, 0.1) is 19.8 Å². The number of rotatable bonds is 15. The van der Waals surface area contributed by atoms with Crippen molar-refractivity contribution >= 4 is 11.8 Å². The van der Waals surface area contributed by atoms with Crippen molar-refractivity contribution in [1.29, 1.82) is 0 Å². The van der Waals surface area contributed by atoms with Crippen molar-refractivity contribution in [1.82, 2.24) is 25.3 Å². The van der Waals surface area contributed by atoms with E-state index in [0.29, 0.717) is 57.9 Å². The number of hydrogen-bond acceptors (Lipinski definition) is 12. The van der Waals surface area contributed by atoms with Crippen molar-refractivity contribution in [3.05, 3.63) is 40.6 Å². The molecule has 5 atom stereocenters. The maximum absolute atomic E-state index is 13.1. The molecule has 3 heterocycles. The Hall–Kier alpha value is -3.31. The van der Waals surface area contributed by atoms with Crippen LogP contribution in [0.2, 0.25) is 0 Å². The Morgan fingerprint density at radius 2 is 1.82 bits per heavy atom. The summed E-state index contributed by atoms with van der Waals surface area (Å²) < 4.78 is 17.4. The normalized spacial score (nSPS) is 23.5. The molecular weight excluding hydrogens is 638 g/mol. The summed E-state index contributed by atoms with van der Waals surface area (Å²) >= 11 is 0. The molecule has 1 aromatic carbocycles. The molecule has 2 aromatic rings. The average Bonchev–Trinajstić information content (AvgIpc) is 3.46. The number of β-amino-alcohol motifs (C(OH)–C–C–N with tert-alkyl or cyclic N) is 1. The minimum absolute atomic E-state index is 0.0616. The first kappa shape index (κ1) is 38.5. The Morgan fingerprint density at radius 1 is 1.10 bits per heavy atom. The van der Waals surface area contributed by atoms with Crippen LogP contribution in [0.15, 0.2) is 18.2 Å². The van der Waals surface area contributed by atoms with Crippen LogP contribution >= 0.6 is 0 Å². The number of aryl methyl sites for hydroxylation is 1. The molecule has 0 radical (unpaired) electrons. The van der Waals surface area contributed by atoms with E-state index in [1.807, 2.05) is 39.0 Å². The van der Waals surface area contributed by atoms with Crippen LogP contribution in [0.1, 0.15) is 68.8 Å². The molecule has 0 spiro atoms. The molecule has 0 bridgehead atoms. The van der Waals surface area contributed by atoms with Gasteiger partial charge < -0.3 is 50.0 Å². The van der Waals surface area contributed by atoms with Gasteiger partial charge in [-0.05, 0) is 56.4 Å². The minimum atomic E-state index is -1.57. The van der Waals surface area contributed by atoms with E-state index in [2.05, 4.69) is 20.4 Å². The van der Waals surface area contributed by atoms with Crippen LogP contribution < -0.4 is 14.8 Å². The number of aromatic amines is 1. The Balaban J connectivity index is 1.29. The number of hydrogen-bond donors (Lipinski definition) is 7. The number of piperazine rings is 1. The Labute approximate surface area is 287 Å². The minimum Gasteiger partial charge on any atom is -0.494 e. The highest BCUT2D eigenvalue weighted by Crippen LogP contribution is 2.32. The Kier molecular flexibility index (Phi) is 13.4. The van der Waals surface area contributed by atoms with E-state index >= 15 is 0 Å². The second-order valence-corrected chi connectivity index (χ2v) is 13.6. The highest BCUT2D eigenvalue weighted by Gasteiger charge is 2.45. The third-order valence-electron chi connectivity index (χ3n) is 9.08. The molecule has 2 amide bonds. The summed E-state index contributed by atoms with van der Waals surface area (Å²) in [4.78, 5) is 29.6. The summed E-state index contributed by atoms with van der Waals surface area (Å²) in [5, 5.41) is 59.6. The van der Waals surface area contributed by atoms with Crippen molar-refractivity contribution in [3.63, 3.8) is 0 Å². The summed E-state index contributed by atoms with van der Waals surface area (Å²) in [6, 6.07) is 5.69. The lowest BCUT2D eigenvalue weighted by atomic mass is 9.96. The highest BCUT2D eigenvalue weighted by atomic mass is 16.7. The number of aliphatic hydroxyl groups excluding tert-OH is 5. The molecule has 0 unspecified atom stereocenters. The van der Waals surface area contributed by atoms with Gasteiger partial charge in [0.1, 0.15) is 35.7 Å². The van der Waals surface area contributed by atoms with Crippen LogP contribution in [0.4, 0.5) is 0 Å². The van der Waals surface area contributed by atoms with Gasteiger partial charge in [-0.25, -0.2) is 0 Å². The molecule has 7 N–H and O–H groups in total. The Morgan fingerprint density at radius 3 is 2.45 bits per heavy atom. The van der Waals surface area contributed by atoms with Crippen molar-refractivity contribution in [3.8, 4) is 11.6 Å². The van der Waals surface area contributed by atoms with Gasteiger partial charge in [-0.15, -0.1) is 5.10 Å². The number of amides is 2. The molecule has 15 nitrogen and oxygen atoms in total. The lowest BCUT2D eigenvalue weighted by Gasteiger charge is -2.39. The lowest BCUT2D eigenvalue weighted by Crippen LogP contribution is -2.60. The van der Waals surface area contributed by atoms with Gasteiger partial charge in [-0.1, -0.05) is 19.9 Å². The molecule has 2 fully saturated rings. The van der Waals surface area contributed by atoms with Crippen molar-refractivity contribution in [2.75, 3.05) is 52.5 Å².